The number of aliphatic hydroxyl groups is 1. The van der Waals surface area contributed by atoms with Crippen molar-refractivity contribution in [1.29, 1.82) is 0 Å². The summed E-state index contributed by atoms with van der Waals surface area (Å²) in [5.41, 5.74) is 0. The molecule has 0 saturated carbocycles. The van der Waals surface area contributed by atoms with E-state index < -0.39 is 6.10 Å². The average molecular weight is 332 g/mol. The molecule has 2 aromatic rings. The molecule has 8 nitrogen and oxygen atoms in total. The van der Waals surface area contributed by atoms with E-state index in [1.807, 2.05) is 19.2 Å². The molecule has 3 rings (SSSR count). The van der Waals surface area contributed by atoms with Crippen molar-refractivity contribution in [2.75, 3.05) is 44.2 Å². The molecule has 24 heavy (non-hydrogen) atoms. The van der Waals surface area contributed by atoms with Crippen molar-refractivity contribution in [3.8, 4) is 5.88 Å². The van der Waals surface area contributed by atoms with Gasteiger partial charge in [-0.1, -0.05) is 0 Å². The third-order valence-corrected chi connectivity index (χ3v) is 3.99. The highest BCUT2D eigenvalue weighted by molar-refractivity contribution is 5.32. The van der Waals surface area contributed by atoms with E-state index in [1.165, 1.54) is 0 Å². The molecular weight excluding hydrogens is 308 g/mol. The van der Waals surface area contributed by atoms with Gasteiger partial charge in [-0.25, -0.2) is 4.98 Å². The summed E-state index contributed by atoms with van der Waals surface area (Å²) < 4.78 is 7.19. The van der Waals surface area contributed by atoms with Crippen LogP contribution in [0.25, 0.3) is 0 Å². The lowest BCUT2D eigenvalue weighted by atomic mass is 10.2. The first-order valence-corrected chi connectivity index (χ1v) is 8.33. The quantitative estimate of drug-likeness (QED) is 0.779. The van der Waals surface area contributed by atoms with E-state index in [9.17, 15) is 5.11 Å². The molecule has 0 radical (unpaired) electrons. The number of ether oxygens (including phenoxy) is 1. The second-order valence-electron chi connectivity index (χ2n) is 5.80. The number of nitrogens with zero attached hydrogens (tertiary/aromatic N) is 6. The van der Waals surface area contributed by atoms with Crippen LogP contribution in [0.15, 0.2) is 30.7 Å². The molecule has 1 aliphatic rings. The van der Waals surface area contributed by atoms with Gasteiger partial charge in [0.25, 0.3) is 0 Å². The summed E-state index contributed by atoms with van der Waals surface area (Å²) >= 11 is 0. The molecule has 1 fully saturated rings. The van der Waals surface area contributed by atoms with Crippen molar-refractivity contribution < 1.29 is 9.84 Å². The van der Waals surface area contributed by atoms with Crippen LogP contribution >= 0.6 is 0 Å². The number of aliphatic hydroxyl groups excluding tert-OH is 1. The van der Waals surface area contributed by atoms with Crippen LogP contribution in [0.4, 0.5) is 5.95 Å². The Morgan fingerprint density at radius 2 is 2.04 bits per heavy atom. The summed E-state index contributed by atoms with van der Waals surface area (Å²) in [5, 5.41) is 14.3. The Kier molecular flexibility index (Phi) is 5.60. The minimum Gasteiger partial charge on any atom is -0.478 e. The lowest BCUT2D eigenvalue weighted by Crippen LogP contribution is -2.49. The molecule has 0 bridgehead atoms. The zero-order valence-electron chi connectivity index (χ0n) is 14.0. The first-order valence-electron chi connectivity index (χ1n) is 8.33. The van der Waals surface area contributed by atoms with Crippen molar-refractivity contribution in [1.82, 2.24) is 24.6 Å². The molecule has 0 aromatic carbocycles. The lowest BCUT2D eigenvalue weighted by Gasteiger charge is -2.35. The van der Waals surface area contributed by atoms with Gasteiger partial charge in [0.2, 0.25) is 11.8 Å². The largest absolute Gasteiger partial charge is 0.478 e. The highest BCUT2D eigenvalue weighted by atomic mass is 16.5. The molecule has 0 spiro atoms. The SMILES string of the molecule is CCOc1ccnc(N2CCN(C[C@H](O)Cn3cccn3)CC2)n1. The summed E-state index contributed by atoms with van der Waals surface area (Å²) in [6, 6.07) is 3.64. The van der Waals surface area contributed by atoms with Gasteiger partial charge in [0.15, 0.2) is 0 Å². The maximum absolute atomic E-state index is 10.2. The van der Waals surface area contributed by atoms with Crippen LogP contribution in [0.3, 0.4) is 0 Å². The van der Waals surface area contributed by atoms with Crippen molar-refractivity contribution in [2.45, 2.75) is 19.6 Å². The van der Waals surface area contributed by atoms with Crippen LogP contribution in [0, 0.1) is 0 Å². The van der Waals surface area contributed by atoms with Gasteiger partial charge in [-0.2, -0.15) is 10.1 Å². The van der Waals surface area contributed by atoms with Crippen molar-refractivity contribution in [3.63, 3.8) is 0 Å². The van der Waals surface area contributed by atoms with Crippen LogP contribution in [0.5, 0.6) is 5.88 Å². The van der Waals surface area contributed by atoms with Crippen molar-refractivity contribution in [3.05, 3.63) is 30.7 Å². The predicted molar refractivity (Wildman–Crippen MR) is 90.1 cm³/mol. The summed E-state index contributed by atoms with van der Waals surface area (Å²) in [6.07, 6.45) is 4.90. The second-order valence-corrected chi connectivity index (χ2v) is 5.80. The Balaban J connectivity index is 1.47. The number of anilines is 1. The number of hydrogen-bond donors (Lipinski definition) is 1. The molecule has 8 heteroatoms. The van der Waals surface area contributed by atoms with Crippen LogP contribution in [0.2, 0.25) is 0 Å². The zero-order valence-corrected chi connectivity index (χ0v) is 14.0. The lowest BCUT2D eigenvalue weighted by molar-refractivity contribution is 0.0919. The molecule has 2 aromatic heterocycles. The second kappa shape index (κ2) is 8.07. The summed E-state index contributed by atoms with van der Waals surface area (Å²) in [7, 11) is 0. The molecule has 3 heterocycles. The predicted octanol–water partition coefficient (Wildman–Crippen LogP) is 0.255. The van der Waals surface area contributed by atoms with Gasteiger partial charge in [-0.15, -0.1) is 0 Å². The maximum atomic E-state index is 10.2. The average Bonchev–Trinajstić information content (AvgIpc) is 3.09. The van der Waals surface area contributed by atoms with E-state index in [0.717, 1.165) is 26.2 Å². The normalized spacial score (nSPS) is 17.0. The minimum absolute atomic E-state index is 0.422. The topological polar surface area (TPSA) is 79.5 Å². The molecule has 0 amide bonds. The van der Waals surface area contributed by atoms with Gasteiger partial charge in [0, 0.05) is 57.4 Å². The highest BCUT2D eigenvalue weighted by Gasteiger charge is 2.21. The Morgan fingerprint density at radius 3 is 2.75 bits per heavy atom. The van der Waals surface area contributed by atoms with Crippen LogP contribution < -0.4 is 9.64 Å². The molecule has 0 aliphatic carbocycles. The van der Waals surface area contributed by atoms with E-state index in [0.29, 0.717) is 31.5 Å². The smallest absolute Gasteiger partial charge is 0.228 e. The van der Waals surface area contributed by atoms with Gasteiger partial charge in [0.05, 0.1) is 19.3 Å². The minimum atomic E-state index is -0.422. The molecule has 0 unspecified atom stereocenters. The van der Waals surface area contributed by atoms with Crippen LogP contribution in [-0.2, 0) is 6.54 Å². The number of aromatic nitrogens is 4. The number of piperazine rings is 1. The molecule has 130 valence electrons. The fourth-order valence-electron chi connectivity index (χ4n) is 2.82. The fourth-order valence-corrected chi connectivity index (χ4v) is 2.82. The Labute approximate surface area is 141 Å². The Hall–Kier alpha value is -2.19. The van der Waals surface area contributed by atoms with E-state index >= 15 is 0 Å². The summed E-state index contributed by atoms with van der Waals surface area (Å²) in [6.45, 7) is 7.12. The number of β-amino-alcohol motifs (C(OH)–C–C–N with tert-alkyl or cyclic N) is 1. The van der Waals surface area contributed by atoms with Gasteiger partial charge >= 0.3 is 0 Å². The molecular formula is C16H24N6O2. The number of rotatable bonds is 7. The highest BCUT2D eigenvalue weighted by Crippen LogP contribution is 2.15. The Bertz CT molecular complexity index is 613. The van der Waals surface area contributed by atoms with Gasteiger partial charge in [-0.05, 0) is 13.0 Å². The van der Waals surface area contributed by atoms with Crippen LogP contribution in [0.1, 0.15) is 6.92 Å². The van der Waals surface area contributed by atoms with E-state index in [2.05, 4.69) is 24.9 Å². The van der Waals surface area contributed by atoms with E-state index in [-0.39, 0.29) is 0 Å². The van der Waals surface area contributed by atoms with Crippen LogP contribution in [-0.4, -0.2) is 75.2 Å². The molecule has 1 saturated heterocycles. The van der Waals surface area contributed by atoms with E-state index in [4.69, 9.17) is 4.74 Å². The molecule has 1 aliphatic heterocycles. The Morgan fingerprint density at radius 1 is 1.21 bits per heavy atom. The summed E-state index contributed by atoms with van der Waals surface area (Å²) in [5.74, 6) is 1.32. The van der Waals surface area contributed by atoms with Gasteiger partial charge in [-0.3, -0.25) is 9.58 Å². The molecule has 1 atom stereocenters. The fraction of sp³-hybridized carbons (Fsp3) is 0.562. The standard InChI is InChI=1S/C16H24N6O2/c1-2-24-15-4-6-17-16(19-15)21-10-8-20(9-11-21)12-14(23)13-22-7-3-5-18-22/h3-7,14,23H,2,8-13H2,1H3/t14-/m0/s1. The number of hydrogen-bond acceptors (Lipinski definition) is 7. The first-order chi connectivity index (χ1) is 11.7. The van der Waals surface area contributed by atoms with Crippen molar-refractivity contribution >= 4 is 5.95 Å². The van der Waals surface area contributed by atoms with E-state index in [1.54, 1.807) is 23.1 Å². The third-order valence-electron chi connectivity index (χ3n) is 3.99. The maximum Gasteiger partial charge on any atom is 0.228 e. The van der Waals surface area contributed by atoms with Gasteiger partial charge < -0.3 is 14.7 Å². The first kappa shape index (κ1) is 16.7. The monoisotopic (exact) mass is 332 g/mol. The molecule has 1 N–H and O–H groups in total. The van der Waals surface area contributed by atoms with Gasteiger partial charge in [0.1, 0.15) is 0 Å². The zero-order chi connectivity index (χ0) is 16.8. The van der Waals surface area contributed by atoms with Crippen molar-refractivity contribution in [2.24, 2.45) is 0 Å². The third kappa shape index (κ3) is 4.42. The summed E-state index contributed by atoms with van der Waals surface area (Å²) in [4.78, 5) is 13.2.